The van der Waals surface area contributed by atoms with Gasteiger partial charge in [0, 0.05) is 25.4 Å². The zero-order valence-corrected chi connectivity index (χ0v) is 22.6. The van der Waals surface area contributed by atoms with Crippen LogP contribution in [0.5, 0.6) is 11.8 Å². The summed E-state index contributed by atoms with van der Waals surface area (Å²) in [5.74, 6) is -2.54. The van der Waals surface area contributed by atoms with Gasteiger partial charge in [0.05, 0.1) is 25.2 Å². The molecule has 3 aromatic heterocycles. The van der Waals surface area contributed by atoms with Gasteiger partial charge in [0.2, 0.25) is 27.7 Å². The molecule has 1 aliphatic rings. The molecule has 4 rings (SSSR count). The topological polar surface area (TPSA) is 156 Å². The molecule has 0 amide bonds. The SMILES string of the molecule is COc1ncnc(OC)c1-n1c(NS(=O)(=O)[C@@H](C)[C@H](OC)c2ncc(Cl)cn2)nnc1C1CC(C(F)(F)F)C1. The van der Waals surface area contributed by atoms with Crippen LogP contribution in [0, 0.1) is 5.92 Å². The number of anilines is 1. The van der Waals surface area contributed by atoms with Crippen LogP contribution in [-0.4, -0.2) is 75.9 Å². The molecule has 0 spiro atoms. The van der Waals surface area contributed by atoms with Crippen molar-refractivity contribution in [1.82, 2.24) is 34.7 Å². The first-order valence-corrected chi connectivity index (χ1v) is 13.3. The van der Waals surface area contributed by atoms with E-state index in [1.165, 1.54) is 45.2 Å². The molecule has 1 saturated carbocycles. The molecule has 0 saturated heterocycles. The molecule has 0 bridgehead atoms. The van der Waals surface area contributed by atoms with Crippen molar-refractivity contribution in [3.8, 4) is 17.4 Å². The van der Waals surface area contributed by atoms with Crippen LogP contribution in [0.1, 0.15) is 43.4 Å². The van der Waals surface area contributed by atoms with Gasteiger partial charge in [0.25, 0.3) is 0 Å². The van der Waals surface area contributed by atoms with Gasteiger partial charge in [0.1, 0.15) is 23.5 Å². The molecule has 0 aliphatic heterocycles. The van der Waals surface area contributed by atoms with Crippen LogP contribution >= 0.6 is 11.6 Å². The van der Waals surface area contributed by atoms with E-state index in [1.807, 2.05) is 0 Å². The standard InChI is InChI=1S/C21H24ClF3N8O5S/c1-10(15(36-2)16-26-7-13(22)8-27-16)39(34,35)32-20-31-30-17(11-5-12(6-11)21(23,24)25)33(20)14-18(37-3)28-9-29-19(14)38-4/h7-12,15H,5-6H2,1-4H3,(H,31,32)/t10-,11?,12?,15-/m0/s1. The lowest BCUT2D eigenvalue weighted by Crippen LogP contribution is -2.36. The largest absolute Gasteiger partial charge is 0.479 e. The van der Waals surface area contributed by atoms with Crippen LogP contribution < -0.4 is 14.2 Å². The lowest BCUT2D eigenvalue weighted by atomic mass is 9.74. The number of aromatic nitrogens is 7. The quantitative estimate of drug-likeness (QED) is 0.369. The summed E-state index contributed by atoms with van der Waals surface area (Å²) in [6.07, 6.45) is -2.26. The fraction of sp³-hybridized carbons (Fsp3) is 0.524. The minimum absolute atomic E-state index is 0.00707. The Kier molecular flexibility index (Phi) is 8.13. The number of ether oxygens (including phenoxy) is 3. The second-order valence-corrected chi connectivity index (χ2v) is 11.1. The predicted octanol–water partition coefficient (Wildman–Crippen LogP) is 3.09. The van der Waals surface area contributed by atoms with E-state index in [9.17, 15) is 21.6 Å². The van der Waals surface area contributed by atoms with Crippen molar-refractivity contribution in [2.75, 3.05) is 26.1 Å². The fourth-order valence-electron chi connectivity index (χ4n) is 4.14. The average molecular weight is 593 g/mol. The number of hydrogen-bond acceptors (Lipinski definition) is 11. The van der Waals surface area contributed by atoms with Crippen LogP contribution in [0.4, 0.5) is 19.1 Å². The Labute approximate surface area is 226 Å². The summed E-state index contributed by atoms with van der Waals surface area (Å²) in [5.41, 5.74) is 0.00707. The van der Waals surface area contributed by atoms with Gasteiger partial charge in [-0.15, -0.1) is 10.2 Å². The molecular weight excluding hydrogens is 569 g/mol. The molecule has 3 heterocycles. The maximum atomic E-state index is 13.5. The summed E-state index contributed by atoms with van der Waals surface area (Å²) in [7, 11) is -0.400. The van der Waals surface area contributed by atoms with Gasteiger partial charge in [-0.1, -0.05) is 11.6 Å². The zero-order valence-electron chi connectivity index (χ0n) is 21.0. The van der Waals surface area contributed by atoms with E-state index in [4.69, 9.17) is 25.8 Å². The molecule has 18 heteroatoms. The van der Waals surface area contributed by atoms with Crippen molar-refractivity contribution in [2.24, 2.45) is 5.92 Å². The number of sulfonamides is 1. The summed E-state index contributed by atoms with van der Waals surface area (Å²) in [6, 6.07) is 0. The molecule has 2 atom stereocenters. The predicted molar refractivity (Wildman–Crippen MR) is 130 cm³/mol. The van der Waals surface area contributed by atoms with Gasteiger partial charge in [0.15, 0.2) is 11.5 Å². The molecule has 1 N–H and O–H groups in total. The van der Waals surface area contributed by atoms with Gasteiger partial charge in [-0.2, -0.15) is 23.1 Å². The second-order valence-electron chi connectivity index (χ2n) is 8.63. The van der Waals surface area contributed by atoms with Crippen LogP contribution in [0.25, 0.3) is 5.69 Å². The number of hydrogen-bond donors (Lipinski definition) is 1. The molecular formula is C21H24ClF3N8O5S. The van der Waals surface area contributed by atoms with Crippen LogP contribution in [-0.2, 0) is 14.8 Å². The number of nitrogens with zero attached hydrogens (tertiary/aromatic N) is 7. The first-order valence-electron chi connectivity index (χ1n) is 11.4. The summed E-state index contributed by atoms with van der Waals surface area (Å²) in [5, 5.41) is 6.97. The van der Waals surface area contributed by atoms with Crippen molar-refractivity contribution < 1.29 is 35.8 Å². The number of rotatable bonds is 10. The molecule has 212 valence electrons. The van der Waals surface area contributed by atoms with Crippen LogP contribution in [0.2, 0.25) is 5.02 Å². The van der Waals surface area contributed by atoms with Crippen molar-refractivity contribution in [3.63, 3.8) is 0 Å². The Balaban J connectivity index is 1.76. The van der Waals surface area contributed by atoms with E-state index < -0.39 is 39.4 Å². The van der Waals surface area contributed by atoms with Crippen molar-refractivity contribution in [2.45, 2.75) is 43.2 Å². The molecule has 0 radical (unpaired) electrons. The van der Waals surface area contributed by atoms with Crippen LogP contribution in [0.15, 0.2) is 18.7 Å². The Hall–Kier alpha value is -3.31. The highest BCUT2D eigenvalue weighted by atomic mass is 35.5. The molecule has 1 fully saturated rings. The molecule has 3 aromatic rings. The third kappa shape index (κ3) is 5.69. The lowest BCUT2D eigenvalue weighted by molar-refractivity contribution is -0.198. The normalized spacial score (nSPS) is 19.2. The van der Waals surface area contributed by atoms with E-state index in [-0.39, 0.29) is 52.9 Å². The first kappa shape index (κ1) is 28.7. The number of alkyl halides is 3. The fourth-order valence-corrected chi connectivity index (χ4v) is 5.37. The zero-order chi connectivity index (χ0) is 28.5. The first-order chi connectivity index (χ1) is 18.4. The van der Waals surface area contributed by atoms with Gasteiger partial charge in [-0.3, -0.25) is 9.29 Å². The maximum Gasteiger partial charge on any atom is 0.391 e. The third-order valence-corrected chi connectivity index (χ3v) is 8.21. The molecule has 1 aliphatic carbocycles. The minimum Gasteiger partial charge on any atom is -0.479 e. The average Bonchev–Trinajstić information content (AvgIpc) is 3.24. The highest BCUT2D eigenvalue weighted by molar-refractivity contribution is 7.93. The van der Waals surface area contributed by atoms with Crippen molar-refractivity contribution >= 4 is 27.6 Å². The lowest BCUT2D eigenvalue weighted by Gasteiger charge is -2.36. The minimum atomic E-state index is -4.37. The maximum absolute atomic E-state index is 13.5. The highest BCUT2D eigenvalue weighted by Crippen LogP contribution is 2.50. The Morgan fingerprint density at radius 3 is 2.15 bits per heavy atom. The Morgan fingerprint density at radius 1 is 1.05 bits per heavy atom. The van der Waals surface area contributed by atoms with Gasteiger partial charge in [-0.05, 0) is 19.8 Å². The third-order valence-electron chi connectivity index (χ3n) is 6.32. The van der Waals surface area contributed by atoms with E-state index in [0.717, 1.165) is 6.33 Å². The van der Waals surface area contributed by atoms with E-state index >= 15 is 0 Å². The molecule has 13 nitrogen and oxygen atoms in total. The number of nitrogens with one attached hydrogen (secondary N) is 1. The summed E-state index contributed by atoms with van der Waals surface area (Å²) in [4.78, 5) is 16.1. The van der Waals surface area contributed by atoms with E-state index in [1.54, 1.807) is 0 Å². The van der Waals surface area contributed by atoms with Crippen LogP contribution in [0.3, 0.4) is 0 Å². The van der Waals surface area contributed by atoms with Gasteiger partial charge >= 0.3 is 6.18 Å². The Bertz CT molecular complexity index is 1400. The van der Waals surface area contributed by atoms with Crippen molar-refractivity contribution in [3.05, 3.63) is 35.4 Å². The number of methoxy groups -OCH3 is 3. The smallest absolute Gasteiger partial charge is 0.391 e. The number of halogens is 4. The summed E-state index contributed by atoms with van der Waals surface area (Å²) >= 11 is 5.83. The van der Waals surface area contributed by atoms with Gasteiger partial charge < -0.3 is 14.2 Å². The van der Waals surface area contributed by atoms with Crippen molar-refractivity contribution in [1.29, 1.82) is 0 Å². The molecule has 0 unspecified atom stereocenters. The van der Waals surface area contributed by atoms with Gasteiger partial charge in [-0.25, -0.2) is 18.4 Å². The highest BCUT2D eigenvalue weighted by Gasteiger charge is 2.50. The summed E-state index contributed by atoms with van der Waals surface area (Å²) < 4.78 is 86.2. The Morgan fingerprint density at radius 2 is 1.64 bits per heavy atom. The second kappa shape index (κ2) is 11.1. The van der Waals surface area contributed by atoms with E-state index in [2.05, 4.69) is 34.9 Å². The monoisotopic (exact) mass is 592 g/mol. The summed E-state index contributed by atoms with van der Waals surface area (Å²) in [6.45, 7) is 1.36. The molecule has 39 heavy (non-hydrogen) atoms. The molecule has 0 aromatic carbocycles. The van der Waals surface area contributed by atoms with E-state index in [0.29, 0.717) is 0 Å².